The molecule has 3 heterocycles. The average molecular weight is 558 g/mol. The van der Waals surface area contributed by atoms with Gasteiger partial charge in [-0.25, -0.2) is 4.79 Å². The summed E-state index contributed by atoms with van der Waals surface area (Å²) in [6.07, 6.45) is 0. The third-order valence-electron chi connectivity index (χ3n) is 7.48. The van der Waals surface area contributed by atoms with Gasteiger partial charge < -0.3 is 37.4 Å². The van der Waals surface area contributed by atoms with Crippen LogP contribution in [0.5, 0.6) is 34.5 Å². The van der Waals surface area contributed by atoms with Gasteiger partial charge in [-0.1, -0.05) is 6.07 Å². The number of hydrogen-bond acceptors (Lipinski definition) is 9. The number of carbonyl (C=O) groups is 1. The minimum atomic E-state index is -0.593. The smallest absolute Gasteiger partial charge is 0.361 e. The Kier molecular flexibility index (Phi) is 6.25. The summed E-state index contributed by atoms with van der Waals surface area (Å²) in [6, 6.07) is 12.2. The molecule has 0 saturated heterocycles. The molecule has 5 aromatic rings. The minimum Gasteiger partial charge on any atom is -0.493 e. The molecule has 210 valence electrons. The van der Waals surface area contributed by atoms with E-state index >= 15 is 0 Å². The first kappa shape index (κ1) is 26.1. The number of nitrogens with zero attached hydrogens (tertiary/aromatic N) is 1. The summed E-state index contributed by atoms with van der Waals surface area (Å²) < 4.78 is 40.6. The van der Waals surface area contributed by atoms with Crippen molar-refractivity contribution >= 4 is 27.7 Å². The summed E-state index contributed by atoms with van der Waals surface area (Å²) in [5, 5.41) is 1.12. The normalized spacial score (nSPS) is 12.2. The second-order valence-electron chi connectivity index (χ2n) is 9.39. The first-order valence-electron chi connectivity index (χ1n) is 12.7. The summed E-state index contributed by atoms with van der Waals surface area (Å²) in [5.74, 6) is 2.48. The zero-order chi connectivity index (χ0) is 29.0. The Morgan fingerprint density at radius 3 is 1.93 bits per heavy atom. The highest BCUT2D eigenvalue weighted by Gasteiger charge is 2.34. The molecule has 1 aliphatic rings. The van der Waals surface area contributed by atoms with Crippen LogP contribution < -0.4 is 34.0 Å². The van der Waals surface area contributed by atoms with Gasteiger partial charge in [0.05, 0.1) is 48.4 Å². The Bertz CT molecular complexity index is 1930. The number of methoxy groups -OCH3 is 6. The zero-order valence-electron chi connectivity index (χ0n) is 23.4. The molecule has 1 aliphatic heterocycles. The molecule has 6 rings (SSSR count). The number of ketones is 1. The summed E-state index contributed by atoms with van der Waals surface area (Å²) in [4.78, 5) is 28.0. The number of rotatable bonds is 7. The van der Waals surface area contributed by atoms with Crippen molar-refractivity contribution < 1.29 is 37.6 Å². The molecule has 0 amide bonds. The van der Waals surface area contributed by atoms with E-state index in [0.717, 1.165) is 0 Å². The minimum absolute atomic E-state index is 0.226. The molecular weight excluding hydrogens is 530 g/mol. The van der Waals surface area contributed by atoms with Gasteiger partial charge in [0.25, 0.3) is 0 Å². The molecule has 0 spiro atoms. The van der Waals surface area contributed by atoms with E-state index in [2.05, 4.69) is 0 Å². The van der Waals surface area contributed by atoms with Gasteiger partial charge >= 0.3 is 5.63 Å². The fraction of sp³-hybridized carbons (Fsp3) is 0.226. The highest BCUT2D eigenvalue weighted by Crippen LogP contribution is 2.46. The largest absolute Gasteiger partial charge is 0.493 e. The lowest BCUT2D eigenvalue weighted by Crippen LogP contribution is -2.22. The molecule has 41 heavy (non-hydrogen) atoms. The average Bonchev–Trinajstić information content (AvgIpc) is 3.35. The quantitative estimate of drug-likeness (QED) is 0.249. The third kappa shape index (κ3) is 3.78. The molecule has 0 atom stereocenters. The van der Waals surface area contributed by atoms with Crippen molar-refractivity contribution in [3.8, 4) is 45.6 Å². The summed E-state index contributed by atoms with van der Waals surface area (Å²) in [5.41, 5.74) is 2.62. The van der Waals surface area contributed by atoms with Gasteiger partial charge in [0, 0.05) is 34.5 Å². The molecular formula is C31H27NO9. The topological polar surface area (TPSA) is 108 Å². The molecule has 0 unspecified atom stereocenters. The second kappa shape index (κ2) is 9.81. The number of benzene rings is 3. The first-order valence-corrected chi connectivity index (χ1v) is 12.7. The molecule has 10 nitrogen and oxygen atoms in total. The van der Waals surface area contributed by atoms with E-state index in [9.17, 15) is 9.59 Å². The van der Waals surface area contributed by atoms with Gasteiger partial charge in [0.2, 0.25) is 5.78 Å². The maximum absolute atomic E-state index is 14.3. The van der Waals surface area contributed by atoms with Crippen LogP contribution in [0, 0.1) is 0 Å². The van der Waals surface area contributed by atoms with E-state index in [0.29, 0.717) is 73.2 Å². The van der Waals surface area contributed by atoms with Crippen molar-refractivity contribution in [3.63, 3.8) is 0 Å². The van der Waals surface area contributed by atoms with Crippen LogP contribution in [0.3, 0.4) is 0 Å². The van der Waals surface area contributed by atoms with E-state index in [1.807, 2.05) is 6.07 Å². The molecule has 10 heteroatoms. The highest BCUT2D eigenvalue weighted by atomic mass is 16.5. The maximum atomic E-state index is 14.3. The fourth-order valence-corrected chi connectivity index (χ4v) is 5.61. The predicted octanol–water partition coefficient (Wildman–Crippen LogP) is 5.06. The summed E-state index contributed by atoms with van der Waals surface area (Å²) >= 11 is 0. The Morgan fingerprint density at radius 2 is 1.27 bits per heavy atom. The zero-order valence-corrected chi connectivity index (χ0v) is 23.4. The number of carbonyl (C=O) groups excluding carboxylic acids is 1. The van der Waals surface area contributed by atoms with E-state index in [1.165, 1.54) is 35.5 Å². The maximum Gasteiger partial charge on any atom is 0.361 e. The van der Waals surface area contributed by atoms with Gasteiger partial charge in [0.15, 0.2) is 34.5 Å². The number of aromatic nitrogens is 1. The Hall–Kier alpha value is -5.12. The molecule has 0 bridgehead atoms. The van der Waals surface area contributed by atoms with Crippen molar-refractivity contribution in [2.75, 3.05) is 42.7 Å². The first-order chi connectivity index (χ1) is 19.9. The van der Waals surface area contributed by atoms with Crippen molar-refractivity contribution in [3.05, 3.63) is 69.7 Å². The molecule has 0 N–H and O–H groups in total. The third-order valence-corrected chi connectivity index (χ3v) is 7.48. The van der Waals surface area contributed by atoms with Crippen LogP contribution in [0.4, 0.5) is 0 Å². The number of hydrogen-bond donors (Lipinski definition) is 0. The lowest BCUT2D eigenvalue weighted by atomic mass is 9.92. The van der Waals surface area contributed by atoms with Crippen LogP contribution >= 0.6 is 0 Å². The van der Waals surface area contributed by atoms with Crippen LogP contribution in [0.2, 0.25) is 0 Å². The van der Waals surface area contributed by atoms with Gasteiger partial charge in [-0.2, -0.15) is 0 Å². The van der Waals surface area contributed by atoms with Gasteiger partial charge in [0.1, 0.15) is 11.1 Å². The van der Waals surface area contributed by atoms with Crippen LogP contribution in [0.1, 0.15) is 21.6 Å². The molecule has 2 aromatic heterocycles. The van der Waals surface area contributed by atoms with Gasteiger partial charge in [-0.3, -0.25) is 4.79 Å². The standard InChI is InChI=1S/C31H27NO9/c1-35-19-8-7-15(9-21(19)36-2)26-27-18-12-24(39-5)25(40-6)13-20(18)41-31(34)29(27)32-14-16-10-22(37-3)23(38-4)11-17(16)30(33)28(26)32/h7-13H,14H2,1-6H3. The molecule has 3 aromatic carbocycles. The second-order valence-corrected chi connectivity index (χ2v) is 9.39. The summed E-state index contributed by atoms with van der Waals surface area (Å²) in [6.45, 7) is 0.226. The summed E-state index contributed by atoms with van der Waals surface area (Å²) in [7, 11) is 9.17. The van der Waals surface area contributed by atoms with Crippen LogP contribution in [0.25, 0.3) is 33.0 Å². The molecule has 0 aliphatic carbocycles. The Balaban J connectivity index is 1.78. The Morgan fingerprint density at radius 1 is 0.683 bits per heavy atom. The van der Waals surface area contributed by atoms with Crippen LogP contribution in [-0.4, -0.2) is 53.0 Å². The van der Waals surface area contributed by atoms with Crippen LogP contribution in [0.15, 0.2) is 51.7 Å². The fourth-order valence-electron chi connectivity index (χ4n) is 5.61. The Labute approximate surface area is 234 Å². The van der Waals surface area contributed by atoms with Gasteiger partial charge in [-0.15, -0.1) is 0 Å². The number of ether oxygens (including phenoxy) is 6. The monoisotopic (exact) mass is 557 g/mol. The highest BCUT2D eigenvalue weighted by molar-refractivity contribution is 6.23. The van der Waals surface area contributed by atoms with Crippen molar-refractivity contribution in [1.82, 2.24) is 4.57 Å². The molecule has 0 saturated carbocycles. The van der Waals surface area contributed by atoms with Crippen molar-refractivity contribution in [2.24, 2.45) is 0 Å². The van der Waals surface area contributed by atoms with Gasteiger partial charge in [-0.05, 0) is 41.5 Å². The molecule has 0 fully saturated rings. The SMILES string of the molecule is COc1ccc(-c2c3n(c4c(=O)oc5cc(OC)c(OC)cc5c24)Cc2cc(OC)c(OC)cc2C3=O)cc1OC. The van der Waals surface area contributed by atoms with E-state index in [-0.39, 0.29) is 23.4 Å². The predicted molar refractivity (Wildman–Crippen MR) is 152 cm³/mol. The van der Waals surface area contributed by atoms with E-state index in [1.54, 1.807) is 48.1 Å². The van der Waals surface area contributed by atoms with Crippen molar-refractivity contribution in [2.45, 2.75) is 6.54 Å². The lowest BCUT2D eigenvalue weighted by molar-refractivity contribution is 0.102. The van der Waals surface area contributed by atoms with E-state index < -0.39 is 5.63 Å². The molecule has 0 radical (unpaired) electrons. The number of fused-ring (bicyclic) bond motifs is 6. The van der Waals surface area contributed by atoms with E-state index in [4.69, 9.17) is 32.8 Å². The lowest BCUT2D eigenvalue weighted by Gasteiger charge is -2.22. The van der Waals surface area contributed by atoms with Crippen LogP contribution in [-0.2, 0) is 6.54 Å². The van der Waals surface area contributed by atoms with Crippen molar-refractivity contribution in [1.29, 1.82) is 0 Å².